The molecular weight excluding hydrogens is 889 g/mol. The number of esters is 2. The lowest BCUT2D eigenvalue weighted by atomic mass is 9.98. The molecule has 0 spiro atoms. The highest BCUT2D eigenvalue weighted by molar-refractivity contribution is 7.22. The van der Waals surface area contributed by atoms with Crippen molar-refractivity contribution in [3.8, 4) is 0 Å². The summed E-state index contributed by atoms with van der Waals surface area (Å²) in [5.41, 5.74) is 3.41. The van der Waals surface area contributed by atoms with Gasteiger partial charge in [0.25, 0.3) is 0 Å². The lowest BCUT2D eigenvalue weighted by Crippen LogP contribution is -2.07. The molecular formula is C58H32O8S2. The van der Waals surface area contributed by atoms with Gasteiger partial charge >= 0.3 is 11.9 Å². The number of rotatable bonds is 8. The molecule has 0 radical (unpaired) electrons. The molecule has 2 heterocycles. The molecule has 12 rings (SSSR count). The summed E-state index contributed by atoms with van der Waals surface area (Å²) in [6, 6.07) is 47.8. The van der Waals surface area contributed by atoms with Crippen molar-refractivity contribution in [1.82, 2.24) is 0 Å². The minimum Gasteiger partial charge on any atom is -0.457 e. The van der Waals surface area contributed by atoms with E-state index in [1.54, 1.807) is 60.7 Å². The standard InChI is InChI=1S/C58H32O8S2/c59-51-39-19-33-15-7-8-16-34(33)20-40(39)52(60)49(51)25-37-23-43-47(57(63)65-29-31-11-3-1-4-12-31)27-45-46(55(43)67-37)28-48(58(64)66-30-32-13-5-2-6-14-32)44-24-38(68-56(44)45)26-50-53(61)41-21-35-17-9-10-18-36(35)22-42(41)54(50)62/h1-28H,29-30H2. The molecule has 0 unspecified atom stereocenters. The van der Waals surface area contributed by atoms with Crippen molar-refractivity contribution in [2.45, 2.75) is 13.2 Å². The van der Waals surface area contributed by atoms with Crippen molar-refractivity contribution < 1.29 is 38.2 Å². The Morgan fingerprint density at radius 3 is 1.06 bits per heavy atom. The van der Waals surface area contributed by atoms with Crippen LogP contribution in [0, 0.1) is 0 Å². The van der Waals surface area contributed by atoms with Gasteiger partial charge < -0.3 is 9.47 Å². The topological polar surface area (TPSA) is 121 Å². The summed E-state index contributed by atoms with van der Waals surface area (Å²) in [5, 5.41) is 5.61. The van der Waals surface area contributed by atoms with Crippen molar-refractivity contribution in [1.29, 1.82) is 0 Å². The third-order valence-electron chi connectivity index (χ3n) is 12.6. The van der Waals surface area contributed by atoms with Gasteiger partial charge in [-0.1, -0.05) is 109 Å². The largest absolute Gasteiger partial charge is 0.457 e. The molecule has 324 valence electrons. The van der Waals surface area contributed by atoms with Crippen LogP contribution in [0.3, 0.4) is 0 Å². The zero-order valence-corrected chi connectivity index (χ0v) is 37.3. The maximum atomic E-state index is 14.3. The highest BCUT2D eigenvalue weighted by Gasteiger charge is 2.35. The number of benzene rings is 8. The Bertz CT molecular complexity index is 3590. The van der Waals surface area contributed by atoms with Gasteiger partial charge in [-0.2, -0.15) is 0 Å². The van der Waals surface area contributed by atoms with E-state index in [-0.39, 0.29) is 58.6 Å². The van der Waals surface area contributed by atoms with E-state index in [0.29, 0.717) is 63.0 Å². The van der Waals surface area contributed by atoms with Gasteiger partial charge in [0, 0.05) is 63.0 Å². The zero-order valence-electron chi connectivity index (χ0n) is 35.7. The Kier molecular flexibility index (Phi) is 9.75. The Morgan fingerprint density at radius 2 is 0.721 bits per heavy atom. The lowest BCUT2D eigenvalue weighted by molar-refractivity contribution is 0.0466. The highest BCUT2D eigenvalue weighted by atomic mass is 32.1. The summed E-state index contributed by atoms with van der Waals surface area (Å²) in [7, 11) is 0. The first-order chi connectivity index (χ1) is 33.2. The van der Waals surface area contributed by atoms with E-state index in [4.69, 9.17) is 9.47 Å². The van der Waals surface area contributed by atoms with Gasteiger partial charge in [0.1, 0.15) is 13.2 Å². The molecule has 0 fully saturated rings. The second-order valence-electron chi connectivity index (χ2n) is 16.8. The molecule has 2 aromatic heterocycles. The minimum atomic E-state index is -0.601. The van der Waals surface area contributed by atoms with Gasteiger partial charge in [0.2, 0.25) is 0 Å². The van der Waals surface area contributed by atoms with E-state index in [1.165, 1.54) is 22.7 Å². The first-order valence-electron chi connectivity index (χ1n) is 21.7. The second-order valence-corrected chi connectivity index (χ2v) is 18.9. The third kappa shape index (κ3) is 6.88. The molecule has 0 atom stereocenters. The van der Waals surface area contributed by atoms with Crippen LogP contribution in [-0.4, -0.2) is 35.1 Å². The number of allylic oxidation sites excluding steroid dienone is 2. The molecule has 0 amide bonds. The maximum absolute atomic E-state index is 14.3. The zero-order chi connectivity index (χ0) is 46.2. The number of thiophene rings is 2. The average Bonchev–Trinajstić information content (AvgIpc) is 4.11. The van der Waals surface area contributed by atoms with Crippen LogP contribution in [0.5, 0.6) is 0 Å². The fraction of sp³-hybridized carbons (Fsp3) is 0.0345. The van der Waals surface area contributed by atoms with Crippen molar-refractivity contribution >= 4 is 122 Å². The maximum Gasteiger partial charge on any atom is 0.339 e. The van der Waals surface area contributed by atoms with Gasteiger partial charge in [-0.05, 0) is 93.4 Å². The van der Waals surface area contributed by atoms with E-state index < -0.39 is 11.9 Å². The molecule has 10 heteroatoms. The van der Waals surface area contributed by atoms with Gasteiger partial charge in [-0.15, -0.1) is 22.7 Å². The number of fused-ring (bicyclic) bond motifs is 9. The van der Waals surface area contributed by atoms with E-state index in [9.17, 15) is 28.8 Å². The van der Waals surface area contributed by atoms with Crippen LogP contribution in [-0.2, 0) is 22.7 Å². The lowest BCUT2D eigenvalue weighted by Gasteiger charge is -2.12. The molecule has 8 aromatic carbocycles. The number of Topliss-reactive ketones (excluding diaryl/α,β-unsaturated/α-hetero) is 4. The van der Waals surface area contributed by atoms with Crippen molar-refractivity contribution in [3.05, 3.63) is 223 Å². The molecule has 0 bridgehead atoms. The quantitative estimate of drug-likeness (QED) is 0.0839. The predicted octanol–water partition coefficient (Wildman–Crippen LogP) is 13.2. The van der Waals surface area contributed by atoms with Crippen molar-refractivity contribution in [2.75, 3.05) is 0 Å². The summed E-state index contributed by atoms with van der Waals surface area (Å²) in [5.74, 6) is -2.75. The van der Waals surface area contributed by atoms with Gasteiger partial charge in [0.05, 0.1) is 22.3 Å². The number of carbonyl (C=O) groups excluding carboxylic acids is 6. The fourth-order valence-corrected chi connectivity index (χ4v) is 11.5. The van der Waals surface area contributed by atoms with E-state index in [2.05, 4.69) is 0 Å². The smallest absolute Gasteiger partial charge is 0.339 e. The van der Waals surface area contributed by atoms with Crippen LogP contribution < -0.4 is 0 Å². The summed E-state index contributed by atoms with van der Waals surface area (Å²) in [6.07, 6.45) is 3.15. The van der Waals surface area contributed by atoms with E-state index in [1.807, 2.05) is 109 Å². The number of ketones is 4. The van der Waals surface area contributed by atoms with Crippen LogP contribution in [0.25, 0.3) is 64.6 Å². The predicted molar refractivity (Wildman–Crippen MR) is 267 cm³/mol. The van der Waals surface area contributed by atoms with Crippen LogP contribution in [0.15, 0.2) is 169 Å². The van der Waals surface area contributed by atoms with Gasteiger partial charge in [-0.25, -0.2) is 9.59 Å². The van der Waals surface area contributed by atoms with Gasteiger partial charge in [0.15, 0.2) is 23.1 Å². The summed E-state index contributed by atoms with van der Waals surface area (Å²) < 4.78 is 13.1. The SMILES string of the molecule is O=C1C(=Cc2cc3c(C(=O)OCc4ccccc4)cc4c(cc(C(=O)OCc5ccccc5)c5cc(C=C6C(=O)c7cc8ccccc8cc7C6=O)sc54)c3s2)C(=O)c2cc3ccccc3cc21. The first kappa shape index (κ1) is 41.0. The highest BCUT2D eigenvalue weighted by Crippen LogP contribution is 2.45. The molecule has 2 aliphatic rings. The number of hydrogen-bond acceptors (Lipinski definition) is 10. The second kappa shape index (κ2) is 16.2. The monoisotopic (exact) mass is 920 g/mol. The Hall–Kier alpha value is -8.44. The molecule has 0 saturated carbocycles. The number of carbonyl (C=O) groups is 6. The van der Waals surface area contributed by atoms with Gasteiger partial charge in [-0.3, -0.25) is 19.2 Å². The van der Waals surface area contributed by atoms with Crippen molar-refractivity contribution in [2.24, 2.45) is 0 Å². The number of hydrogen-bond donors (Lipinski definition) is 0. The Balaban J connectivity index is 1.03. The van der Waals surface area contributed by atoms with Crippen LogP contribution in [0.2, 0.25) is 0 Å². The summed E-state index contributed by atoms with van der Waals surface area (Å²) in [6.45, 7) is 0.0163. The summed E-state index contributed by atoms with van der Waals surface area (Å²) in [4.78, 5) is 85.5. The molecule has 68 heavy (non-hydrogen) atoms. The molecule has 0 N–H and O–H groups in total. The van der Waals surface area contributed by atoms with E-state index >= 15 is 0 Å². The van der Waals surface area contributed by atoms with Crippen LogP contribution in [0.4, 0.5) is 0 Å². The average molecular weight is 921 g/mol. The Morgan fingerprint density at radius 1 is 0.397 bits per heavy atom. The third-order valence-corrected chi connectivity index (χ3v) is 14.8. The fourth-order valence-electron chi connectivity index (χ4n) is 9.24. The van der Waals surface area contributed by atoms with Crippen LogP contribution in [0.1, 0.15) is 83.0 Å². The molecule has 10 aromatic rings. The number of ether oxygens (including phenoxy) is 2. The van der Waals surface area contributed by atoms with Crippen molar-refractivity contribution in [3.63, 3.8) is 0 Å². The molecule has 2 aliphatic carbocycles. The molecule has 8 nitrogen and oxygen atoms in total. The minimum absolute atomic E-state index is 0.00813. The Labute approximate surface area is 395 Å². The summed E-state index contributed by atoms with van der Waals surface area (Å²) >= 11 is 2.55. The first-order valence-corrected chi connectivity index (χ1v) is 23.4. The van der Waals surface area contributed by atoms with Crippen LogP contribution >= 0.6 is 22.7 Å². The normalized spacial score (nSPS) is 13.3. The molecule has 0 aliphatic heterocycles. The molecule has 0 saturated heterocycles. The van der Waals surface area contributed by atoms with E-state index in [0.717, 1.165) is 32.7 Å².